The lowest BCUT2D eigenvalue weighted by Gasteiger charge is -2.41. The van der Waals surface area contributed by atoms with Gasteiger partial charge in [-0.25, -0.2) is 10.7 Å². The normalized spacial score (nSPS) is 22.8. The van der Waals surface area contributed by atoms with Crippen LogP contribution in [0.4, 0.5) is 0 Å². The SMILES string of the molecule is CC[C@H](C)[C@@H]([C@@H](CC(=O)N1CCC[C@H]1[C@H](OC)[C@@H](C)C(=O)N[C@@H](Cc1ccccc1)C(=O)OC)OC)N(C)C(=O)[C@@H](NC(=O)[C@@H]1[C@H]2CC[C@@H](C2)N1C(=O)CCCCCON)C(C)C. The Balaban J connectivity index is 1.46. The predicted octanol–water partition coefficient (Wildman–Crippen LogP) is 3.78. The van der Waals surface area contributed by atoms with Crippen molar-refractivity contribution in [1.29, 1.82) is 0 Å². The van der Waals surface area contributed by atoms with Crippen LogP contribution < -0.4 is 16.5 Å². The molecule has 4 rings (SSSR count). The summed E-state index contributed by atoms with van der Waals surface area (Å²) in [6.07, 6.45) is 5.96. The summed E-state index contributed by atoms with van der Waals surface area (Å²) < 4.78 is 17.0. The van der Waals surface area contributed by atoms with Crippen molar-refractivity contribution >= 4 is 35.5 Å². The van der Waals surface area contributed by atoms with Crippen LogP contribution in [0.25, 0.3) is 0 Å². The first kappa shape index (κ1) is 51.5. The summed E-state index contributed by atoms with van der Waals surface area (Å²) in [5, 5.41) is 5.94. The first-order valence-corrected chi connectivity index (χ1v) is 23.1. The molecule has 354 valence electrons. The van der Waals surface area contributed by atoms with E-state index in [0.29, 0.717) is 45.3 Å². The van der Waals surface area contributed by atoms with E-state index in [2.05, 4.69) is 15.5 Å². The largest absolute Gasteiger partial charge is 0.467 e. The number of unbranched alkanes of at least 4 members (excludes halogenated alkanes) is 2. The number of amides is 5. The van der Waals surface area contributed by atoms with Gasteiger partial charge in [-0.15, -0.1) is 0 Å². The minimum Gasteiger partial charge on any atom is -0.467 e. The molecule has 2 heterocycles. The van der Waals surface area contributed by atoms with Gasteiger partial charge in [0.05, 0.1) is 50.3 Å². The van der Waals surface area contributed by atoms with E-state index < -0.39 is 60.2 Å². The van der Waals surface area contributed by atoms with Crippen molar-refractivity contribution in [3.8, 4) is 0 Å². The number of methoxy groups -OCH3 is 3. The molecule has 1 aliphatic carbocycles. The molecule has 1 aromatic carbocycles. The van der Waals surface area contributed by atoms with Crippen LogP contribution >= 0.6 is 0 Å². The number of nitrogens with zero attached hydrogens (tertiary/aromatic N) is 3. The highest BCUT2D eigenvalue weighted by Crippen LogP contribution is 2.43. The topological polar surface area (TPSA) is 199 Å². The molecule has 0 aromatic heterocycles. The summed E-state index contributed by atoms with van der Waals surface area (Å²) in [6.45, 7) is 10.5. The number of hydrogen-bond acceptors (Lipinski definition) is 11. The highest BCUT2D eigenvalue weighted by molar-refractivity contribution is 5.93. The number of rotatable bonds is 25. The molecule has 63 heavy (non-hydrogen) atoms. The number of carbonyl (C=O) groups excluding carboxylic acids is 6. The minimum absolute atomic E-state index is 0.0230. The average Bonchev–Trinajstić information content (AvgIpc) is 4.05. The zero-order valence-electron chi connectivity index (χ0n) is 39.2. The van der Waals surface area contributed by atoms with Gasteiger partial charge in [0, 0.05) is 46.7 Å². The molecule has 2 bridgehead atoms. The number of piperidine rings is 1. The van der Waals surface area contributed by atoms with E-state index in [1.54, 1.807) is 35.8 Å². The number of likely N-dealkylation sites (tertiary alicyclic amines) is 2. The number of likely N-dealkylation sites (N-methyl/N-ethyl adjacent to an activating group) is 1. The van der Waals surface area contributed by atoms with Gasteiger partial charge in [0.15, 0.2) is 0 Å². The van der Waals surface area contributed by atoms with Gasteiger partial charge in [0.25, 0.3) is 0 Å². The number of ether oxygens (including phenoxy) is 3. The third kappa shape index (κ3) is 13.0. The van der Waals surface area contributed by atoms with E-state index in [0.717, 1.165) is 37.7 Å². The molecule has 16 heteroatoms. The fraction of sp³-hybridized carbons (Fsp3) is 0.745. The molecular weight excluding hydrogens is 809 g/mol. The van der Waals surface area contributed by atoms with Gasteiger partial charge >= 0.3 is 5.97 Å². The van der Waals surface area contributed by atoms with Gasteiger partial charge in [0.1, 0.15) is 18.1 Å². The molecular formula is C47H76N6O10. The standard InChI is InChI=1S/C47H76N6O10/c1-10-30(4)41(51(6)46(58)40(29(2)3)50-45(57)42-33-22-23-34(27-33)53(42)38(54)21-15-12-16-25-63-48)37(60-7)28-39(55)52-24-17-20-36(52)43(61-8)31(5)44(56)49-35(47(59)62-9)26-32-18-13-11-14-19-32/h11,13-14,18-19,29-31,33-37,40-43H,10,12,15-17,20-28,48H2,1-9H3,(H,49,56)(H,50,57)/t30-,31+,33-,34-,35-,36-,37+,40-,41-,42-,43+/m0/s1. The van der Waals surface area contributed by atoms with Crippen LogP contribution in [0.15, 0.2) is 30.3 Å². The Morgan fingerprint density at radius 3 is 2.24 bits per heavy atom. The van der Waals surface area contributed by atoms with Crippen LogP contribution in [0.2, 0.25) is 0 Å². The number of benzene rings is 1. The van der Waals surface area contributed by atoms with Gasteiger partial charge in [-0.05, 0) is 68.3 Å². The first-order chi connectivity index (χ1) is 30.1. The number of carbonyl (C=O) groups is 6. The second-order valence-corrected chi connectivity index (χ2v) is 18.2. The van der Waals surface area contributed by atoms with Crippen molar-refractivity contribution < 1.29 is 47.8 Å². The Labute approximate surface area is 374 Å². The summed E-state index contributed by atoms with van der Waals surface area (Å²) in [5.41, 5.74) is 0.866. The summed E-state index contributed by atoms with van der Waals surface area (Å²) in [7, 11) is 6.05. The van der Waals surface area contributed by atoms with Crippen molar-refractivity contribution in [3.63, 3.8) is 0 Å². The van der Waals surface area contributed by atoms with Gasteiger partial charge in [-0.3, -0.25) is 24.0 Å². The van der Waals surface area contributed by atoms with Crippen LogP contribution in [-0.4, -0.2) is 140 Å². The first-order valence-electron chi connectivity index (χ1n) is 23.1. The molecule has 4 N–H and O–H groups in total. The number of esters is 1. The summed E-state index contributed by atoms with van der Waals surface area (Å²) in [4.78, 5) is 93.0. The van der Waals surface area contributed by atoms with Crippen molar-refractivity contribution in [1.82, 2.24) is 25.3 Å². The molecule has 0 radical (unpaired) electrons. The molecule has 2 aliphatic heterocycles. The number of fused-ring (bicyclic) bond motifs is 2. The molecule has 0 spiro atoms. The third-order valence-electron chi connectivity index (χ3n) is 13.9. The van der Waals surface area contributed by atoms with E-state index in [1.807, 2.05) is 58.0 Å². The summed E-state index contributed by atoms with van der Waals surface area (Å²) >= 11 is 0. The van der Waals surface area contributed by atoms with Crippen molar-refractivity contribution in [2.45, 2.75) is 160 Å². The van der Waals surface area contributed by atoms with Crippen LogP contribution in [0.3, 0.4) is 0 Å². The molecule has 11 atom stereocenters. The molecule has 1 saturated carbocycles. The Bertz CT molecular complexity index is 1670. The third-order valence-corrected chi connectivity index (χ3v) is 13.9. The van der Waals surface area contributed by atoms with Crippen molar-refractivity contribution in [3.05, 3.63) is 35.9 Å². The summed E-state index contributed by atoms with van der Waals surface area (Å²) in [5.74, 6) is 2.33. The summed E-state index contributed by atoms with van der Waals surface area (Å²) in [6, 6.07) is 6.03. The monoisotopic (exact) mass is 885 g/mol. The Hall–Kier alpha value is -4.12. The zero-order valence-corrected chi connectivity index (χ0v) is 39.2. The van der Waals surface area contributed by atoms with Gasteiger partial charge < -0.3 is 44.4 Å². The molecule has 1 aromatic rings. The average molecular weight is 885 g/mol. The Morgan fingerprint density at radius 1 is 0.905 bits per heavy atom. The minimum atomic E-state index is -0.908. The lowest BCUT2D eigenvalue weighted by molar-refractivity contribution is -0.149. The lowest BCUT2D eigenvalue weighted by Crippen LogP contribution is -2.60. The molecule has 16 nitrogen and oxygen atoms in total. The molecule has 3 aliphatic rings. The quantitative estimate of drug-likeness (QED) is 0.0734. The van der Waals surface area contributed by atoms with E-state index in [1.165, 1.54) is 14.2 Å². The number of nitrogens with two attached hydrogens (primary N) is 1. The fourth-order valence-corrected chi connectivity index (χ4v) is 10.2. The van der Waals surface area contributed by atoms with E-state index in [9.17, 15) is 28.8 Å². The zero-order chi connectivity index (χ0) is 46.4. The highest BCUT2D eigenvalue weighted by atomic mass is 16.6. The smallest absolute Gasteiger partial charge is 0.328 e. The van der Waals surface area contributed by atoms with Crippen molar-refractivity contribution in [2.24, 2.45) is 29.6 Å². The van der Waals surface area contributed by atoms with Crippen molar-refractivity contribution in [2.75, 3.05) is 41.5 Å². The van der Waals surface area contributed by atoms with E-state index >= 15 is 0 Å². The predicted molar refractivity (Wildman–Crippen MR) is 237 cm³/mol. The Kier molecular flexibility index (Phi) is 20.3. The number of hydrogen-bond donors (Lipinski definition) is 3. The van der Waals surface area contributed by atoms with Crippen LogP contribution in [0.5, 0.6) is 0 Å². The number of nitrogens with one attached hydrogen (secondary N) is 2. The van der Waals surface area contributed by atoms with Crippen LogP contribution in [0.1, 0.15) is 111 Å². The second-order valence-electron chi connectivity index (χ2n) is 18.2. The highest BCUT2D eigenvalue weighted by Gasteiger charge is 2.52. The van der Waals surface area contributed by atoms with Gasteiger partial charge in [0.2, 0.25) is 29.5 Å². The molecule has 3 fully saturated rings. The fourth-order valence-electron chi connectivity index (χ4n) is 10.2. The molecule has 0 unspecified atom stereocenters. The Morgan fingerprint density at radius 2 is 1.62 bits per heavy atom. The lowest BCUT2D eigenvalue weighted by atomic mass is 9.89. The van der Waals surface area contributed by atoms with E-state index in [-0.39, 0.29) is 60.3 Å². The molecule has 2 saturated heterocycles. The van der Waals surface area contributed by atoms with Crippen LogP contribution in [0, 0.1) is 23.7 Å². The van der Waals surface area contributed by atoms with Gasteiger partial charge in [-0.2, -0.15) is 0 Å². The maximum atomic E-state index is 14.6. The molecule has 5 amide bonds. The maximum absolute atomic E-state index is 14.6. The van der Waals surface area contributed by atoms with Crippen LogP contribution in [-0.2, 0) is 54.2 Å². The maximum Gasteiger partial charge on any atom is 0.328 e. The second kappa shape index (κ2) is 24.8. The van der Waals surface area contributed by atoms with E-state index in [4.69, 9.17) is 20.1 Å². The van der Waals surface area contributed by atoms with Gasteiger partial charge in [-0.1, -0.05) is 77.8 Å².